The number of aliphatic hydroxyl groups is 1. The van der Waals surface area contributed by atoms with Gasteiger partial charge in [-0.05, 0) is 89.2 Å². The molecular weight excluding hydrogens is 609 g/mol. The Labute approximate surface area is 270 Å². The van der Waals surface area contributed by atoms with Crippen molar-refractivity contribution in [2.45, 2.75) is 87.7 Å². The summed E-state index contributed by atoms with van der Waals surface area (Å²) in [6.07, 6.45) is 1.86. The third-order valence-electron chi connectivity index (χ3n) is 8.84. The van der Waals surface area contributed by atoms with Gasteiger partial charge in [-0.15, -0.1) is 0 Å². The second-order valence-electron chi connectivity index (χ2n) is 13.2. The van der Waals surface area contributed by atoms with E-state index in [4.69, 9.17) is 10.5 Å². The van der Waals surface area contributed by atoms with Crippen LogP contribution >= 0.6 is 11.8 Å². The second-order valence-corrected chi connectivity index (χ2v) is 16.1. The molecule has 0 saturated heterocycles. The number of carbonyl (C=O) groups is 1. The number of ether oxygens (including phenoxy) is 1. The normalized spacial score (nSPS) is 18.8. The molecule has 240 valence electrons. The zero-order chi connectivity index (χ0) is 32.7. The number of nitrogens with two attached hydrogens (primary N) is 1. The van der Waals surface area contributed by atoms with Crippen molar-refractivity contribution in [1.82, 2.24) is 0 Å². The van der Waals surface area contributed by atoms with Crippen LogP contribution < -0.4 is 10.0 Å². The maximum absolute atomic E-state index is 13.7. The summed E-state index contributed by atoms with van der Waals surface area (Å²) in [6, 6.07) is 17.5. The predicted octanol–water partition coefficient (Wildman–Crippen LogP) is 6.74. The molecule has 4 N–H and O–H groups in total. The maximum Gasteiger partial charge on any atom is 0.349 e. The number of hydrogen-bond donors (Lipinski definition) is 3. The average molecular weight is 651 g/mol. The number of cyclic esters (lactones) is 1. The predicted molar refractivity (Wildman–Crippen MR) is 178 cm³/mol. The van der Waals surface area contributed by atoms with Crippen molar-refractivity contribution in [2.24, 2.45) is 11.7 Å². The summed E-state index contributed by atoms with van der Waals surface area (Å²) in [5.74, 6) is -0.414. The number of nitrogens with zero attached hydrogens (tertiary/aromatic N) is 1. The molecule has 0 spiro atoms. The van der Waals surface area contributed by atoms with E-state index in [1.54, 1.807) is 36.4 Å². The van der Waals surface area contributed by atoms with Gasteiger partial charge in [-0.3, -0.25) is 4.31 Å². The van der Waals surface area contributed by atoms with Crippen LogP contribution in [-0.2, 0) is 44.4 Å². The number of aromatic hydroxyl groups is 1. The molecule has 0 saturated carbocycles. The zero-order valence-corrected chi connectivity index (χ0v) is 28.1. The molecule has 8 nitrogen and oxygen atoms in total. The van der Waals surface area contributed by atoms with Crippen molar-refractivity contribution < 1.29 is 28.2 Å². The number of anilines is 1. The highest BCUT2D eigenvalue weighted by Gasteiger charge is 2.45. The molecule has 0 aliphatic carbocycles. The van der Waals surface area contributed by atoms with E-state index in [9.17, 15) is 23.4 Å². The summed E-state index contributed by atoms with van der Waals surface area (Å²) in [5.41, 5.74) is 8.66. The molecule has 2 heterocycles. The minimum Gasteiger partial charge on any atom is -0.511 e. The number of thioether (sulfide) groups is 1. The van der Waals surface area contributed by atoms with Crippen LogP contribution in [0.1, 0.15) is 69.7 Å². The van der Waals surface area contributed by atoms with Crippen molar-refractivity contribution in [2.75, 3.05) is 10.8 Å². The number of rotatable bonds is 9. The standard InChI is InChI=1S/C35H42N2O6S2/c1-22(2)35(16-14-23-6-10-26(38)11-7-23)20-30(39)32(33(40)43-35)44-31-18-25-15-17-37(29(25)19-28(31)34(3,4)5)45(41,42)27-12-8-24(21-36)9-13-27/h6-13,18-19,22,38-39H,14-17,20-21,36H2,1-5H3/t35-/m0/s1. The molecule has 5 rings (SSSR count). The number of esters is 1. The van der Waals surface area contributed by atoms with Crippen molar-refractivity contribution in [3.8, 4) is 5.75 Å². The smallest absolute Gasteiger partial charge is 0.349 e. The summed E-state index contributed by atoms with van der Waals surface area (Å²) in [5, 5.41) is 21.0. The van der Waals surface area contributed by atoms with Gasteiger partial charge in [0.1, 0.15) is 22.0 Å². The first-order valence-electron chi connectivity index (χ1n) is 15.2. The van der Waals surface area contributed by atoms with Crippen LogP contribution in [0.15, 0.2) is 81.1 Å². The lowest BCUT2D eigenvalue weighted by molar-refractivity contribution is -0.164. The molecule has 1 atom stereocenters. The molecule has 0 amide bonds. The first-order valence-corrected chi connectivity index (χ1v) is 17.5. The van der Waals surface area contributed by atoms with E-state index in [0.29, 0.717) is 38.0 Å². The number of aliphatic hydroxyl groups excluding tert-OH is 1. The summed E-state index contributed by atoms with van der Waals surface area (Å²) < 4.78 is 35.0. The molecule has 0 unspecified atom stereocenters. The lowest BCUT2D eigenvalue weighted by atomic mass is 9.80. The van der Waals surface area contributed by atoms with Crippen LogP contribution in [0.2, 0.25) is 0 Å². The summed E-state index contributed by atoms with van der Waals surface area (Å²) in [6.45, 7) is 10.7. The van der Waals surface area contributed by atoms with E-state index in [-0.39, 0.29) is 33.6 Å². The molecule has 0 aromatic heterocycles. The highest BCUT2D eigenvalue weighted by molar-refractivity contribution is 8.04. The van der Waals surface area contributed by atoms with Crippen LogP contribution in [0.25, 0.3) is 0 Å². The Bertz CT molecular complexity index is 1730. The Hall–Kier alpha value is -3.47. The lowest BCUT2D eigenvalue weighted by Crippen LogP contribution is -2.44. The minimum atomic E-state index is -3.80. The van der Waals surface area contributed by atoms with Gasteiger partial charge >= 0.3 is 5.97 Å². The quantitative estimate of drug-likeness (QED) is 0.217. The van der Waals surface area contributed by atoms with Gasteiger partial charge in [0.2, 0.25) is 0 Å². The van der Waals surface area contributed by atoms with E-state index < -0.39 is 27.0 Å². The fourth-order valence-electron chi connectivity index (χ4n) is 5.96. The number of fused-ring (bicyclic) bond motifs is 1. The van der Waals surface area contributed by atoms with Crippen LogP contribution in [0.5, 0.6) is 5.75 Å². The Morgan fingerprint density at radius 3 is 2.24 bits per heavy atom. The van der Waals surface area contributed by atoms with Gasteiger partial charge in [-0.25, -0.2) is 13.2 Å². The summed E-state index contributed by atoms with van der Waals surface area (Å²) in [7, 11) is -3.80. The highest BCUT2D eigenvalue weighted by Crippen LogP contribution is 2.47. The number of carbonyl (C=O) groups excluding carboxylic acids is 1. The van der Waals surface area contributed by atoms with Gasteiger partial charge in [0.05, 0.1) is 10.6 Å². The topological polar surface area (TPSA) is 130 Å². The molecule has 0 bridgehead atoms. The fourth-order valence-corrected chi connectivity index (χ4v) is 8.66. The first-order chi connectivity index (χ1) is 21.1. The first kappa shape index (κ1) is 32.9. The average Bonchev–Trinajstić information content (AvgIpc) is 3.41. The largest absolute Gasteiger partial charge is 0.511 e. The number of phenols is 1. The van der Waals surface area contributed by atoms with Crippen molar-refractivity contribution in [3.63, 3.8) is 0 Å². The molecule has 0 fully saturated rings. The SMILES string of the molecule is CC(C)[C@]1(CCc2ccc(O)cc2)CC(O)=C(Sc2cc3c(cc2C(C)(C)C)N(S(=O)(=O)c2ccc(CN)cc2)CC3)C(=O)O1. The third-order valence-corrected chi connectivity index (χ3v) is 11.8. The van der Waals surface area contributed by atoms with Crippen molar-refractivity contribution in [1.29, 1.82) is 0 Å². The number of phenolic OH excluding ortho intramolecular Hbond substituents is 1. The molecule has 3 aromatic rings. The molecule has 3 aromatic carbocycles. The molecule has 0 radical (unpaired) electrons. The summed E-state index contributed by atoms with van der Waals surface area (Å²) >= 11 is 1.19. The number of hydrogen-bond acceptors (Lipinski definition) is 8. The Morgan fingerprint density at radius 1 is 1.02 bits per heavy atom. The zero-order valence-electron chi connectivity index (χ0n) is 26.5. The van der Waals surface area contributed by atoms with E-state index in [1.165, 1.54) is 16.1 Å². The van der Waals surface area contributed by atoms with Crippen LogP contribution in [0.3, 0.4) is 0 Å². The lowest BCUT2D eigenvalue weighted by Gasteiger charge is -2.40. The van der Waals surface area contributed by atoms with Gasteiger partial charge in [0.15, 0.2) is 0 Å². The number of aryl methyl sites for hydroxylation is 1. The third kappa shape index (κ3) is 6.59. The van der Waals surface area contributed by atoms with Crippen LogP contribution in [0.4, 0.5) is 5.69 Å². The van der Waals surface area contributed by atoms with E-state index >= 15 is 0 Å². The monoisotopic (exact) mass is 650 g/mol. The molecule has 2 aliphatic heterocycles. The minimum absolute atomic E-state index is 0.00106. The van der Waals surface area contributed by atoms with Crippen LogP contribution in [0, 0.1) is 5.92 Å². The van der Waals surface area contributed by atoms with E-state index in [0.717, 1.165) is 27.1 Å². The number of benzene rings is 3. The molecule has 2 aliphatic rings. The van der Waals surface area contributed by atoms with Gasteiger partial charge in [-0.2, -0.15) is 0 Å². The second kappa shape index (κ2) is 12.4. The molecule has 45 heavy (non-hydrogen) atoms. The van der Waals surface area contributed by atoms with Crippen LogP contribution in [-0.4, -0.2) is 36.7 Å². The number of sulfonamides is 1. The Balaban J connectivity index is 1.45. The van der Waals surface area contributed by atoms with Gasteiger partial charge in [0, 0.05) is 24.4 Å². The Kier molecular flexibility index (Phi) is 9.05. The van der Waals surface area contributed by atoms with Gasteiger partial charge in [0.25, 0.3) is 10.0 Å². The Morgan fingerprint density at radius 2 is 1.67 bits per heavy atom. The van der Waals surface area contributed by atoms with Gasteiger partial charge < -0.3 is 20.7 Å². The van der Waals surface area contributed by atoms with Crippen molar-refractivity contribution >= 4 is 33.4 Å². The summed E-state index contributed by atoms with van der Waals surface area (Å²) in [4.78, 5) is 14.7. The maximum atomic E-state index is 13.7. The fraction of sp³-hybridized carbons (Fsp3) is 0.400. The molecule has 10 heteroatoms. The van der Waals surface area contributed by atoms with E-state index in [2.05, 4.69) is 0 Å². The van der Waals surface area contributed by atoms with Gasteiger partial charge in [-0.1, -0.05) is 70.6 Å². The van der Waals surface area contributed by atoms with Crippen molar-refractivity contribution in [3.05, 3.63) is 93.6 Å². The molecular formula is C35H42N2O6S2. The highest BCUT2D eigenvalue weighted by atomic mass is 32.2. The van der Waals surface area contributed by atoms with E-state index in [1.807, 2.05) is 58.9 Å².